The summed E-state index contributed by atoms with van der Waals surface area (Å²) >= 11 is 1.92. The number of fused-ring (bicyclic) bond motifs is 2. The number of benzene rings is 3. The predicted octanol–water partition coefficient (Wildman–Crippen LogP) is 4.41. The van der Waals surface area contributed by atoms with Crippen LogP contribution in [0, 0.1) is 5.92 Å². The third-order valence-corrected chi connectivity index (χ3v) is 10.8. The Morgan fingerprint density at radius 2 is 1.48 bits per heavy atom. The Hall–Kier alpha value is -5.41. The maximum Gasteiger partial charge on any atom is 0.338 e. The lowest BCUT2D eigenvalue weighted by Crippen LogP contribution is -2.33. The molecule has 0 saturated carbocycles. The van der Waals surface area contributed by atoms with Gasteiger partial charge in [0.2, 0.25) is 17.7 Å². The minimum Gasteiger partial charge on any atom is -0.504 e. The Balaban J connectivity index is 1.34. The number of esters is 2. The maximum absolute atomic E-state index is 14.2. The molecule has 0 spiro atoms. The third kappa shape index (κ3) is 6.36. The third-order valence-electron chi connectivity index (χ3n) is 8.23. The number of phenolic OH excluding ortho intramolecular Hbond substituents is 1. The summed E-state index contributed by atoms with van der Waals surface area (Å²) in [6.45, 7) is 3.41. The second kappa shape index (κ2) is 14.2. The van der Waals surface area contributed by atoms with Crippen molar-refractivity contribution in [1.82, 2.24) is 4.57 Å². The van der Waals surface area contributed by atoms with Crippen molar-refractivity contribution in [3.63, 3.8) is 0 Å². The zero-order chi connectivity index (χ0) is 35.7. The summed E-state index contributed by atoms with van der Waals surface area (Å²) < 4.78 is 16.7. The number of carbonyl (C=O) groups is 5. The number of carbonyl (C=O) groups excluding carboxylic acids is 5. The first-order valence-electron chi connectivity index (χ1n) is 15.5. The molecule has 3 atom stereocenters. The topological polar surface area (TPSA) is 171 Å². The Morgan fingerprint density at radius 3 is 2.08 bits per heavy atom. The molecule has 2 N–H and O–H groups in total. The zero-order valence-electron chi connectivity index (χ0n) is 27.0. The number of nitrogens with zero attached hydrogens (tertiary/aromatic N) is 2. The van der Waals surface area contributed by atoms with Gasteiger partial charge in [-0.1, -0.05) is 29.2 Å². The molecular weight excluding hydrogens is 687 g/mol. The van der Waals surface area contributed by atoms with E-state index in [1.54, 1.807) is 38.1 Å². The van der Waals surface area contributed by atoms with Crippen molar-refractivity contribution < 1.29 is 43.3 Å². The first kappa shape index (κ1) is 34.5. The molecule has 1 aromatic heterocycles. The molecule has 0 radical (unpaired) electrons. The molecule has 0 bridgehead atoms. The van der Waals surface area contributed by atoms with Crippen LogP contribution in [0.4, 0.5) is 11.4 Å². The molecule has 0 unspecified atom stereocenters. The number of aromatic nitrogens is 1. The van der Waals surface area contributed by atoms with E-state index >= 15 is 0 Å². The van der Waals surface area contributed by atoms with Gasteiger partial charge in [0.05, 0.1) is 48.1 Å². The Morgan fingerprint density at radius 1 is 0.860 bits per heavy atom. The van der Waals surface area contributed by atoms with Gasteiger partial charge in [-0.15, -0.1) is 0 Å². The second-order valence-electron chi connectivity index (χ2n) is 11.2. The number of imide groups is 1. The number of methoxy groups -OCH3 is 1. The molecule has 6 rings (SSSR count). The van der Waals surface area contributed by atoms with Crippen molar-refractivity contribution >= 4 is 64.1 Å². The summed E-state index contributed by atoms with van der Waals surface area (Å²) in [5.74, 6) is -4.33. The van der Waals surface area contributed by atoms with E-state index in [9.17, 15) is 33.9 Å². The molecule has 1 saturated heterocycles. The first-order chi connectivity index (χ1) is 24.1. The molecule has 50 heavy (non-hydrogen) atoms. The fraction of sp³-hybridized carbons (Fsp3) is 0.257. The maximum atomic E-state index is 14.2. The van der Waals surface area contributed by atoms with Crippen molar-refractivity contribution in [3.05, 3.63) is 98.0 Å². The monoisotopic (exact) mass is 717 g/mol. The number of thioether (sulfide) groups is 1. The van der Waals surface area contributed by atoms with E-state index in [-0.39, 0.29) is 42.5 Å². The number of phenols is 1. The van der Waals surface area contributed by atoms with Crippen molar-refractivity contribution in [3.8, 4) is 11.5 Å². The van der Waals surface area contributed by atoms with Gasteiger partial charge >= 0.3 is 16.8 Å². The van der Waals surface area contributed by atoms with Crippen LogP contribution >= 0.6 is 23.1 Å². The Kier molecular flexibility index (Phi) is 9.79. The van der Waals surface area contributed by atoms with Gasteiger partial charge in [0, 0.05) is 16.5 Å². The van der Waals surface area contributed by atoms with Gasteiger partial charge in [-0.05, 0) is 80.1 Å². The molecule has 2 aliphatic heterocycles. The number of hydrogen-bond acceptors (Lipinski definition) is 12. The largest absolute Gasteiger partial charge is 0.504 e. The minimum absolute atomic E-state index is 0.131. The predicted molar refractivity (Wildman–Crippen MR) is 184 cm³/mol. The molecule has 13 nitrogen and oxygen atoms in total. The van der Waals surface area contributed by atoms with Crippen LogP contribution in [0.3, 0.4) is 0 Å². The van der Waals surface area contributed by atoms with Gasteiger partial charge in [0.25, 0.3) is 0 Å². The molecule has 3 heterocycles. The highest BCUT2D eigenvalue weighted by atomic mass is 32.2. The number of hydrogen-bond donors (Lipinski definition) is 2. The SMILES string of the molecule is CCOC(=O)c1ccc(NC(=O)Cn2c3c(sc2=O)[C@@H](c2ccc(O)c(OC)c2)[C@H]2C(=O)N(c4ccc(C(=O)OCC)cc4)C(=O)[C@H]2S3)cc1. The standard InChI is InChI=1S/C35H31N3O10S2/c1-4-47-33(43)18-6-11-21(12-7-18)36-25(40)17-37-32-29(50-35(37)45)26(20-10-15-23(39)24(16-20)46-3)27-28(49-32)31(42)38(30(27)41)22-13-8-19(9-14-22)34(44)48-5-2/h6-16,26-28,39H,4-5,17H2,1-3H3,(H,36,40)/t26-,27+,28-/m0/s1. The molecule has 0 aliphatic carbocycles. The number of anilines is 2. The van der Waals surface area contributed by atoms with E-state index in [1.807, 2.05) is 0 Å². The van der Waals surface area contributed by atoms with Gasteiger partial charge < -0.3 is 24.6 Å². The lowest BCUT2D eigenvalue weighted by molar-refractivity contribution is -0.122. The van der Waals surface area contributed by atoms with E-state index in [4.69, 9.17) is 14.2 Å². The van der Waals surface area contributed by atoms with E-state index < -0.39 is 51.6 Å². The summed E-state index contributed by atoms with van der Waals surface area (Å²) in [6.07, 6.45) is 0. The van der Waals surface area contributed by atoms with E-state index in [2.05, 4.69) is 5.32 Å². The average Bonchev–Trinajstić information content (AvgIpc) is 3.55. The second-order valence-corrected chi connectivity index (χ2v) is 13.3. The van der Waals surface area contributed by atoms with Gasteiger partial charge in [0.15, 0.2) is 11.5 Å². The fourth-order valence-electron chi connectivity index (χ4n) is 5.97. The quantitative estimate of drug-likeness (QED) is 0.176. The minimum atomic E-state index is -0.969. The number of ether oxygens (including phenoxy) is 3. The number of thiazole rings is 1. The lowest BCUT2D eigenvalue weighted by Gasteiger charge is -2.31. The van der Waals surface area contributed by atoms with Crippen LogP contribution in [-0.4, -0.2) is 64.9 Å². The molecule has 1 fully saturated rings. The fourth-order valence-corrected chi connectivity index (χ4v) is 8.74. The number of amides is 3. The van der Waals surface area contributed by atoms with E-state index in [0.29, 0.717) is 26.7 Å². The van der Waals surface area contributed by atoms with E-state index in [1.165, 1.54) is 54.1 Å². The van der Waals surface area contributed by atoms with Crippen molar-refractivity contribution in [2.45, 2.75) is 36.6 Å². The molecular formula is C35H31N3O10S2. The Bertz CT molecular complexity index is 2060. The molecule has 15 heteroatoms. The van der Waals surface area contributed by atoms with Crippen LogP contribution in [0.25, 0.3) is 0 Å². The van der Waals surface area contributed by atoms with Crippen molar-refractivity contribution in [2.24, 2.45) is 5.92 Å². The van der Waals surface area contributed by atoms with Crippen molar-refractivity contribution in [1.29, 1.82) is 0 Å². The number of nitrogens with one attached hydrogen (secondary N) is 1. The van der Waals surface area contributed by atoms with Crippen molar-refractivity contribution in [2.75, 3.05) is 30.5 Å². The van der Waals surface area contributed by atoms with E-state index in [0.717, 1.165) is 28.0 Å². The van der Waals surface area contributed by atoms with Crippen LogP contribution in [0.5, 0.6) is 11.5 Å². The normalized spacial score (nSPS) is 17.9. The van der Waals surface area contributed by atoms with Crippen LogP contribution in [0.2, 0.25) is 0 Å². The van der Waals surface area contributed by atoms with Crippen LogP contribution in [0.15, 0.2) is 76.6 Å². The van der Waals surface area contributed by atoms with Gasteiger partial charge in [0.1, 0.15) is 11.8 Å². The smallest absolute Gasteiger partial charge is 0.338 e. The highest BCUT2D eigenvalue weighted by Gasteiger charge is 2.57. The zero-order valence-corrected chi connectivity index (χ0v) is 28.7. The lowest BCUT2D eigenvalue weighted by atomic mass is 9.83. The van der Waals surface area contributed by atoms with Crippen LogP contribution in [0.1, 0.15) is 50.9 Å². The van der Waals surface area contributed by atoms with Crippen LogP contribution in [-0.2, 0) is 30.4 Å². The molecule has 3 amide bonds. The number of rotatable bonds is 10. The van der Waals surface area contributed by atoms with Gasteiger partial charge in [-0.25, -0.2) is 14.5 Å². The summed E-state index contributed by atoms with van der Waals surface area (Å²) in [5, 5.41) is 12.4. The summed E-state index contributed by atoms with van der Waals surface area (Å²) in [5.41, 5.74) is 1.75. The molecule has 3 aromatic carbocycles. The van der Waals surface area contributed by atoms with Crippen LogP contribution < -0.4 is 19.8 Å². The Labute approximate surface area is 293 Å². The summed E-state index contributed by atoms with van der Waals surface area (Å²) in [4.78, 5) is 80.3. The molecule has 4 aromatic rings. The molecule has 2 aliphatic rings. The average molecular weight is 718 g/mol. The first-order valence-corrected chi connectivity index (χ1v) is 17.2. The number of aromatic hydroxyl groups is 1. The highest BCUT2D eigenvalue weighted by molar-refractivity contribution is 8.00. The van der Waals surface area contributed by atoms with Gasteiger partial charge in [-0.3, -0.25) is 23.7 Å². The highest BCUT2D eigenvalue weighted by Crippen LogP contribution is 2.54. The molecule has 258 valence electrons. The summed E-state index contributed by atoms with van der Waals surface area (Å²) in [6, 6.07) is 16.6. The van der Waals surface area contributed by atoms with Gasteiger partial charge in [-0.2, -0.15) is 0 Å². The summed E-state index contributed by atoms with van der Waals surface area (Å²) in [7, 11) is 1.38.